The largest absolute Gasteiger partial charge is 0.497 e. The summed E-state index contributed by atoms with van der Waals surface area (Å²) in [5.41, 5.74) is 1.86. The van der Waals surface area contributed by atoms with E-state index in [-0.39, 0.29) is 22.3 Å². The molecule has 1 aliphatic carbocycles. The van der Waals surface area contributed by atoms with Crippen LogP contribution in [0.2, 0.25) is 0 Å². The van der Waals surface area contributed by atoms with Gasteiger partial charge in [-0.2, -0.15) is 0 Å². The van der Waals surface area contributed by atoms with Gasteiger partial charge in [0.15, 0.2) is 0 Å². The highest BCUT2D eigenvalue weighted by Crippen LogP contribution is 2.43. The van der Waals surface area contributed by atoms with E-state index in [2.05, 4.69) is 25.8 Å². The van der Waals surface area contributed by atoms with Crippen molar-refractivity contribution in [2.45, 2.75) is 57.3 Å². The van der Waals surface area contributed by atoms with Gasteiger partial charge >= 0.3 is 0 Å². The molecule has 6 heteroatoms. The predicted octanol–water partition coefficient (Wildman–Crippen LogP) is 3.20. The number of likely N-dealkylation sites (tertiary alicyclic amines) is 1. The predicted molar refractivity (Wildman–Crippen MR) is 112 cm³/mol. The summed E-state index contributed by atoms with van der Waals surface area (Å²) in [6.07, 6.45) is 3.47. The molecule has 2 heterocycles. The van der Waals surface area contributed by atoms with Crippen LogP contribution in [0.15, 0.2) is 29.1 Å². The van der Waals surface area contributed by atoms with E-state index in [0.717, 1.165) is 49.3 Å². The van der Waals surface area contributed by atoms with Gasteiger partial charge in [-0.25, -0.2) is 4.98 Å². The number of methoxy groups -OCH3 is 1. The first-order chi connectivity index (χ1) is 13.7. The number of hydrogen-bond acceptors (Lipinski definition) is 4. The van der Waals surface area contributed by atoms with Crippen LogP contribution in [0.3, 0.4) is 0 Å². The van der Waals surface area contributed by atoms with Crippen LogP contribution in [0.25, 0.3) is 0 Å². The van der Waals surface area contributed by atoms with E-state index in [1.165, 1.54) is 0 Å². The quantitative estimate of drug-likeness (QED) is 0.847. The molecule has 4 rings (SSSR count). The molecule has 1 spiro atoms. The number of nitrogens with zero attached hydrogens (tertiary/aromatic N) is 2. The topological polar surface area (TPSA) is 75.3 Å². The zero-order chi connectivity index (χ0) is 20.8. The van der Waals surface area contributed by atoms with Gasteiger partial charge < -0.3 is 14.6 Å². The van der Waals surface area contributed by atoms with E-state index in [1.54, 1.807) is 13.2 Å². The fraction of sp³-hybridized carbons (Fsp3) is 0.522. The van der Waals surface area contributed by atoms with Crippen LogP contribution in [-0.4, -0.2) is 41.0 Å². The summed E-state index contributed by atoms with van der Waals surface area (Å²) in [7, 11) is 1.60. The number of hydrogen-bond donors (Lipinski definition) is 1. The lowest BCUT2D eigenvalue weighted by Gasteiger charge is -2.40. The molecule has 1 aromatic carbocycles. The van der Waals surface area contributed by atoms with Gasteiger partial charge in [0, 0.05) is 35.0 Å². The maximum absolute atomic E-state index is 13.2. The Morgan fingerprint density at radius 3 is 2.79 bits per heavy atom. The third-order valence-corrected chi connectivity index (χ3v) is 6.26. The molecule has 2 aromatic rings. The number of aromatic amines is 1. The van der Waals surface area contributed by atoms with Crippen molar-refractivity contribution >= 4 is 5.91 Å². The summed E-state index contributed by atoms with van der Waals surface area (Å²) in [6.45, 7) is 7.49. The van der Waals surface area contributed by atoms with E-state index >= 15 is 0 Å². The maximum Gasteiger partial charge on any atom is 0.254 e. The molecule has 2 aliphatic rings. The van der Waals surface area contributed by atoms with E-state index in [0.29, 0.717) is 17.9 Å². The van der Waals surface area contributed by atoms with E-state index in [9.17, 15) is 9.59 Å². The van der Waals surface area contributed by atoms with E-state index in [1.807, 2.05) is 23.1 Å². The number of piperidine rings is 1. The van der Waals surface area contributed by atoms with Crippen molar-refractivity contribution in [3.63, 3.8) is 0 Å². The molecule has 6 nitrogen and oxygen atoms in total. The molecular weight excluding hydrogens is 366 g/mol. The Kier molecular flexibility index (Phi) is 4.75. The molecular formula is C23H29N3O3. The third kappa shape index (κ3) is 3.45. The monoisotopic (exact) mass is 395 g/mol. The van der Waals surface area contributed by atoms with Crippen LogP contribution >= 0.6 is 0 Å². The Labute approximate surface area is 171 Å². The van der Waals surface area contributed by atoms with Crippen molar-refractivity contribution in [1.82, 2.24) is 14.9 Å². The van der Waals surface area contributed by atoms with Crippen molar-refractivity contribution in [3.8, 4) is 5.75 Å². The summed E-state index contributed by atoms with van der Waals surface area (Å²) in [4.78, 5) is 35.8. The number of carbonyl (C=O) groups excluding carboxylic acids is 1. The van der Waals surface area contributed by atoms with E-state index in [4.69, 9.17) is 9.72 Å². The molecule has 1 saturated heterocycles. The van der Waals surface area contributed by atoms with Gasteiger partial charge in [0.1, 0.15) is 11.6 Å². The number of rotatable bonds is 2. The number of fused-ring (bicyclic) bond motifs is 2. The summed E-state index contributed by atoms with van der Waals surface area (Å²) >= 11 is 0. The van der Waals surface area contributed by atoms with E-state index < -0.39 is 0 Å². The normalized spacial score (nSPS) is 21.3. The van der Waals surface area contributed by atoms with Gasteiger partial charge in [-0.15, -0.1) is 0 Å². The zero-order valence-electron chi connectivity index (χ0n) is 17.7. The standard InChI is InChI=1S/C23H29N3O3/c1-22(2,3)21-24-18-17(19(27)25-21)9-11-23(18)10-6-12-26(14-23)20(28)15-7-5-8-16(13-15)29-4/h5,7-8,13H,6,9-12,14H2,1-4H3,(H,24,25,27). The van der Waals surface area contributed by atoms with Crippen LogP contribution in [0.5, 0.6) is 5.75 Å². The molecule has 1 fully saturated rings. The number of ether oxygens (including phenoxy) is 1. The van der Waals surface area contributed by atoms with Crippen LogP contribution in [0.1, 0.15) is 67.5 Å². The Hall–Kier alpha value is -2.63. The summed E-state index contributed by atoms with van der Waals surface area (Å²) in [6, 6.07) is 7.29. The van der Waals surface area contributed by atoms with Crippen molar-refractivity contribution < 1.29 is 9.53 Å². The SMILES string of the molecule is COc1cccc(C(=O)N2CCCC3(CCc4c3nc(C(C)(C)C)[nH]c4=O)C2)c1. The second-order valence-corrected chi connectivity index (χ2v) is 9.33. The number of H-pyrrole nitrogens is 1. The first-order valence-corrected chi connectivity index (χ1v) is 10.3. The first kappa shape index (κ1) is 19.7. The fourth-order valence-corrected chi connectivity index (χ4v) is 4.65. The molecule has 1 N–H and O–H groups in total. The van der Waals surface area contributed by atoms with Crippen LogP contribution < -0.4 is 10.3 Å². The van der Waals surface area contributed by atoms with Gasteiger partial charge in [-0.1, -0.05) is 26.8 Å². The fourth-order valence-electron chi connectivity index (χ4n) is 4.65. The minimum atomic E-state index is -0.233. The number of nitrogens with one attached hydrogen (secondary N) is 1. The van der Waals surface area contributed by atoms with Crippen LogP contribution in [0, 0.1) is 0 Å². The van der Waals surface area contributed by atoms with Crippen molar-refractivity contribution in [2.24, 2.45) is 0 Å². The zero-order valence-corrected chi connectivity index (χ0v) is 17.7. The molecule has 1 atom stereocenters. The third-order valence-electron chi connectivity index (χ3n) is 6.26. The molecule has 1 aliphatic heterocycles. The van der Waals surface area contributed by atoms with Gasteiger partial charge in [0.2, 0.25) is 0 Å². The molecule has 0 bridgehead atoms. The first-order valence-electron chi connectivity index (χ1n) is 10.3. The molecule has 0 radical (unpaired) electrons. The second-order valence-electron chi connectivity index (χ2n) is 9.33. The second kappa shape index (κ2) is 7.01. The Morgan fingerprint density at radius 1 is 1.28 bits per heavy atom. The van der Waals surface area contributed by atoms with Gasteiger partial charge in [-0.05, 0) is 43.9 Å². The Balaban J connectivity index is 1.68. The highest BCUT2D eigenvalue weighted by atomic mass is 16.5. The molecule has 29 heavy (non-hydrogen) atoms. The summed E-state index contributed by atoms with van der Waals surface area (Å²) in [5, 5.41) is 0. The Morgan fingerprint density at radius 2 is 2.07 bits per heavy atom. The van der Waals surface area contributed by atoms with Crippen molar-refractivity contribution in [3.05, 3.63) is 57.3 Å². The maximum atomic E-state index is 13.2. The van der Waals surface area contributed by atoms with Crippen molar-refractivity contribution in [2.75, 3.05) is 20.2 Å². The smallest absolute Gasteiger partial charge is 0.254 e. The number of benzene rings is 1. The minimum absolute atomic E-state index is 0.0114. The summed E-state index contributed by atoms with van der Waals surface area (Å²) < 4.78 is 5.27. The average Bonchev–Trinajstić information content (AvgIpc) is 3.05. The lowest BCUT2D eigenvalue weighted by molar-refractivity contribution is 0.0632. The van der Waals surface area contributed by atoms with Crippen LogP contribution in [0.4, 0.5) is 0 Å². The van der Waals surface area contributed by atoms with Gasteiger partial charge in [0.05, 0.1) is 12.8 Å². The lowest BCUT2D eigenvalue weighted by Crippen LogP contribution is -2.48. The molecule has 154 valence electrons. The molecule has 1 aromatic heterocycles. The molecule has 0 saturated carbocycles. The minimum Gasteiger partial charge on any atom is -0.497 e. The van der Waals surface area contributed by atoms with Crippen LogP contribution in [-0.2, 0) is 17.3 Å². The van der Waals surface area contributed by atoms with Gasteiger partial charge in [-0.3, -0.25) is 9.59 Å². The number of carbonyl (C=O) groups is 1. The average molecular weight is 396 g/mol. The highest BCUT2D eigenvalue weighted by molar-refractivity contribution is 5.94. The summed E-state index contributed by atoms with van der Waals surface area (Å²) in [5.74, 6) is 1.41. The number of amides is 1. The molecule has 1 amide bonds. The number of aromatic nitrogens is 2. The van der Waals surface area contributed by atoms with Crippen molar-refractivity contribution in [1.29, 1.82) is 0 Å². The molecule has 1 unspecified atom stereocenters. The highest BCUT2D eigenvalue weighted by Gasteiger charge is 2.46. The Bertz CT molecular complexity index is 1010. The van der Waals surface area contributed by atoms with Gasteiger partial charge in [0.25, 0.3) is 11.5 Å². The lowest BCUT2D eigenvalue weighted by atomic mass is 9.77.